The molecule has 0 saturated carbocycles. The molecular formula is C21H32N2O5. The first-order valence-corrected chi connectivity index (χ1v) is 10.2. The zero-order chi connectivity index (χ0) is 19.7. The van der Waals surface area contributed by atoms with Crippen molar-refractivity contribution < 1.29 is 23.7 Å². The molecule has 3 heterocycles. The summed E-state index contributed by atoms with van der Waals surface area (Å²) < 4.78 is 22.3. The number of carbonyl (C=O) groups excluding carboxylic acids is 1. The predicted molar refractivity (Wildman–Crippen MR) is 104 cm³/mol. The van der Waals surface area contributed by atoms with Gasteiger partial charge in [0, 0.05) is 39.2 Å². The Kier molecular flexibility index (Phi) is 8.06. The Bertz CT molecular complexity index is 590. The Labute approximate surface area is 167 Å². The fraction of sp³-hybridized carbons (Fsp3) is 0.714. The second kappa shape index (κ2) is 10.7. The van der Waals surface area contributed by atoms with Gasteiger partial charge in [-0.3, -0.25) is 9.78 Å². The quantitative estimate of drug-likeness (QED) is 0.601. The number of hydrogen-bond donors (Lipinski definition) is 0. The van der Waals surface area contributed by atoms with Crippen molar-refractivity contribution in [1.29, 1.82) is 0 Å². The van der Waals surface area contributed by atoms with E-state index in [1.165, 1.54) is 0 Å². The molecule has 1 aromatic heterocycles. The third-order valence-corrected chi connectivity index (χ3v) is 5.72. The first kappa shape index (κ1) is 21.0. The molecule has 0 radical (unpaired) electrons. The van der Waals surface area contributed by atoms with Crippen LogP contribution in [0.5, 0.6) is 5.75 Å². The molecule has 2 fully saturated rings. The number of nitrogens with zero attached hydrogens (tertiary/aromatic N) is 2. The number of likely N-dealkylation sites (tertiary alicyclic amines) is 1. The van der Waals surface area contributed by atoms with Crippen molar-refractivity contribution in [2.45, 2.75) is 37.7 Å². The molecule has 0 aromatic carbocycles. The van der Waals surface area contributed by atoms with Crippen LogP contribution in [0.4, 0.5) is 0 Å². The Hall–Kier alpha value is -1.70. The minimum absolute atomic E-state index is 0.0593. The lowest BCUT2D eigenvalue weighted by Crippen LogP contribution is -2.51. The van der Waals surface area contributed by atoms with E-state index in [1.54, 1.807) is 19.5 Å². The standard InChI is InChI=1S/C21H32N2O5/c1-25-14-15-26-17-20(24)23-10-6-21(7-11-23)16-18(5-13-28-21)4-12-27-19-2-8-22-9-3-19/h2-3,8-9,18H,4-7,10-17H2,1H3. The number of pyridine rings is 1. The van der Waals surface area contributed by atoms with Gasteiger partial charge < -0.3 is 23.8 Å². The lowest BCUT2D eigenvalue weighted by atomic mass is 9.78. The van der Waals surface area contributed by atoms with Gasteiger partial charge in [-0.2, -0.15) is 0 Å². The maximum absolute atomic E-state index is 12.3. The summed E-state index contributed by atoms with van der Waals surface area (Å²) in [5, 5.41) is 0. The first-order chi connectivity index (χ1) is 13.7. The predicted octanol–water partition coefficient (Wildman–Crippen LogP) is 2.30. The smallest absolute Gasteiger partial charge is 0.248 e. The van der Waals surface area contributed by atoms with Gasteiger partial charge in [0.15, 0.2) is 0 Å². The molecule has 1 atom stereocenters. The molecule has 156 valence electrons. The van der Waals surface area contributed by atoms with Crippen LogP contribution in [0.1, 0.15) is 32.1 Å². The van der Waals surface area contributed by atoms with Crippen molar-refractivity contribution in [3.8, 4) is 5.75 Å². The topological polar surface area (TPSA) is 70.1 Å². The highest BCUT2D eigenvalue weighted by molar-refractivity contribution is 5.77. The maximum atomic E-state index is 12.3. The molecular weight excluding hydrogens is 360 g/mol. The Morgan fingerprint density at radius 1 is 1.25 bits per heavy atom. The van der Waals surface area contributed by atoms with E-state index in [9.17, 15) is 4.79 Å². The van der Waals surface area contributed by atoms with Gasteiger partial charge in [0.1, 0.15) is 12.4 Å². The Morgan fingerprint density at radius 2 is 2.04 bits per heavy atom. The zero-order valence-corrected chi connectivity index (χ0v) is 16.8. The maximum Gasteiger partial charge on any atom is 0.248 e. The minimum Gasteiger partial charge on any atom is -0.493 e. The number of hydrogen-bond acceptors (Lipinski definition) is 6. The van der Waals surface area contributed by atoms with E-state index >= 15 is 0 Å². The normalized spacial score (nSPS) is 21.6. The van der Waals surface area contributed by atoms with E-state index in [0.29, 0.717) is 25.7 Å². The number of carbonyl (C=O) groups is 1. The van der Waals surface area contributed by atoms with Gasteiger partial charge in [0.05, 0.1) is 25.4 Å². The van der Waals surface area contributed by atoms with Crippen LogP contribution in [0, 0.1) is 5.92 Å². The van der Waals surface area contributed by atoms with E-state index in [4.69, 9.17) is 18.9 Å². The van der Waals surface area contributed by atoms with Crippen LogP contribution < -0.4 is 4.74 Å². The monoisotopic (exact) mass is 392 g/mol. The van der Waals surface area contributed by atoms with Crippen LogP contribution in [0.15, 0.2) is 24.5 Å². The van der Waals surface area contributed by atoms with E-state index in [2.05, 4.69) is 4.98 Å². The van der Waals surface area contributed by atoms with Gasteiger partial charge in [-0.15, -0.1) is 0 Å². The molecule has 2 aliphatic heterocycles. The summed E-state index contributed by atoms with van der Waals surface area (Å²) in [5.41, 5.74) is -0.0761. The van der Waals surface area contributed by atoms with Crippen molar-refractivity contribution in [3.05, 3.63) is 24.5 Å². The summed E-state index contributed by atoms with van der Waals surface area (Å²) in [5.74, 6) is 1.54. The largest absolute Gasteiger partial charge is 0.493 e. The van der Waals surface area contributed by atoms with Gasteiger partial charge >= 0.3 is 0 Å². The van der Waals surface area contributed by atoms with Gasteiger partial charge in [0.25, 0.3) is 0 Å². The van der Waals surface area contributed by atoms with Crippen LogP contribution in [-0.2, 0) is 19.0 Å². The summed E-state index contributed by atoms with van der Waals surface area (Å²) in [7, 11) is 1.62. The molecule has 2 saturated heterocycles. The highest BCUT2D eigenvalue weighted by atomic mass is 16.5. The Balaban J connectivity index is 1.38. The number of aromatic nitrogens is 1. The van der Waals surface area contributed by atoms with Gasteiger partial charge in [-0.25, -0.2) is 0 Å². The van der Waals surface area contributed by atoms with Gasteiger partial charge in [-0.05, 0) is 50.2 Å². The molecule has 28 heavy (non-hydrogen) atoms. The summed E-state index contributed by atoms with van der Waals surface area (Å²) in [6.07, 6.45) is 8.46. The van der Waals surface area contributed by atoms with Crippen LogP contribution >= 0.6 is 0 Å². The van der Waals surface area contributed by atoms with E-state index in [0.717, 1.165) is 57.6 Å². The molecule has 1 spiro atoms. The van der Waals surface area contributed by atoms with Crippen LogP contribution in [0.2, 0.25) is 0 Å². The third kappa shape index (κ3) is 6.15. The van der Waals surface area contributed by atoms with Crippen molar-refractivity contribution in [1.82, 2.24) is 9.88 Å². The molecule has 7 heteroatoms. The van der Waals surface area contributed by atoms with Gasteiger partial charge in [-0.1, -0.05) is 0 Å². The van der Waals surface area contributed by atoms with Crippen LogP contribution in [-0.4, -0.2) is 74.6 Å². The number of rotatable bonds is 9. The molecule has 3 rings (SSSR count). The molecule has 7 nitrogen and oxygen atoms in total. The van der Waals surface area contributed by atoms with E-state index in [1.807, 2.05) is 17.0 Å². The molecule has 0 aliphatic carbocycles. The molecule has 1 unspecified atom stereocenters. The fourth-order valence-electron chi connectivity index (χ4n) is 4.06. The van der Waals surface area contributed by atoms with Crippen LogP contribution in [0.25, 0.3) is 0 Å². The summed E-state index contributed by atoms with van der Waals surface area (Å²) in [6, 6.07) is 3.77. The van der Waals surface area contributed by atoms with Gasteiger partial charge in [0.2, 0.25) is 5.91 Å². The number of amides is 1. The fourth-order valence-corrected chi connectivity index (χ4v) is 4.06. The lowest BCUT2D eigenvalue weighted by Gasteiger charge is -2.46. The lowest BCUT2D eigenvalue weighted by molar-refractivity contribution is -0.151. The molecule has 1 aromatic rings. The van der Waals surface area contributed by atoms with Crippen molar-refractivity contribution >= 4 is 5.91 Å². The average Bonchev–Trinajstić information content (AvgIpc) is 2.73. The van der Waals surface area contributed by atoms with Crippen molar-refractivity contribution in [2.75, 3.05) is 53.2 Å². The van der Waals surface area contributed by atoms with Crippen LogP contribution in [0.3, 0.4) is 0 Å². The number of ether oxygens (including phenoxy) is 4. The average molecular weight is 392 g/mol. The summed E-state index contributed by atoms with van der Waals surface area (Å²) in [6.45, 7) is 4.09. The minimum atomic E-state index is -0.0761. The Morgan fingerprint density at radius 3 is 2.79 bits per heavy atom. The zero-order valence-electron chi connectivity index (χ0n) is 16.8. The first-order valence-electron chi connectivity index (χ1n) is 10.2. The number of piperidine rings is 1. The van der Waals surface area contributed by atoms with Crippen molar-refractivity contribution in [3.63, 3.8) is 0 Å². The van der Waals surface area contributed by atoms with E-state index < -0.39 is 0 Å². The van der Waals surface area contributed by atoms with E-state index in [-0.39, 0.29) is 18.1 Å². The molecule has 0 N–H and O–H groups in total. The second-order valence-electron chi connectivity index (χ2n) is 7.64. The SMILES string of the molecule is COCCOCC(=O)N1CCC2(CC1)CC(CCOc1ccncc1)CCO2. The summed E-state index contributed by atoms with van der Waals surface area (Å²) in [4.78, 5) is 18.2. The third-order valence-electron chi connectivity index (χ3n) is 5.72. The highest BCUT2D eigenvalue weighted by Gasteiger charge is 2.40. The molecule has 1 amide bonds. The molecule has 0 bridgehead atoms. The second-order valence-corrected chi connectivity index (χ2v) is 7.64. The highest BCUT2D eigenvalue weighted by Crippen LogP contribution is 2.38. The summed E-state index contributed by atoms with van der Waals surface area (Å²) >= 11 is 0. The number of methoxy groups -OCH3 is 1. The molecule has 2 aliphatic rings. The van der Waals surface area contributed by atoms with Crippen molar-refractivity contribution in [2.24, 2.45) is 5.92 Å².